The summed E-state index contributed by atoms with van der Waals surface area (Å²) in [6.45, 7) is 2.70. The molecule has 3 aromatic carbocycles. The van der Waals surface area contributed by atoms with Crippen molar-refractivity contribution in [3.63, 3.8) is 0 Å². The third kappa shape index (κ3) is 9.42. The van der Waals surface area contributed by atoms with Gasteiger partial charge in [-0.25, -0.2) is 35.4 Å². The van der Waals surface area contributed by atoms with Crippen LogP contribution in [-0.2, 0) is 39.7 Å². The second kappa shape index (κ2) is 15.7. The SMILES string of the molecule is COc1ccc(CCS(=O)(=O)Nc2nn(C)c3c(-n4c([C@H](Cc5cc(F)cc(F)c5)NC(=O)O)nc(C#CC(C)(C)S(C)(=O)=O)cc4=O)ccc(Cl)c23)cc1. The van der Waals surface area contributed by atoms with Crippen molar-refractivity contribution in [3.8, 4) is 23.3 Å². The van der Waals surface area contributed by atoms with Gasteiger partial charge in [0.1, 0.15) is 33.6 Å². The minimum Gasteiger partial charge on any atom is -0.497 e. The lowest BCUT2D eigenvalue weighted by Crippen LogP contribution is -2.35. The molecule has 0 aliphatic rings. The number of carboxylic acid groups (broad SMARTS) is 1. The van der Waals surface area contributed by atoms with E-state index in [9.17, 15) is 40.3 Å². The van der Waals surface area contributed by atoms with Crippen LogP contribution < -0.4 is 20.3 Å². The Morgan fingerprint density at radius 2 is 1.69 bits per heavy atom. The third-order valence-electron chi connectivity index (χ3n) is 8.56. The molecule has 0 radical (unpaired) electrons. The predicted octanol–water partition coefficient (Wildman–Crippen LogP) is 4.77. The number of anilines is 1. The molecule has 2 heterocycles. The van der Waals surface area contributed by atoms with E-state index in [2.05, 4.69) is 32.0 Å². The predicted molar refractivity (Wildman–Crippen MR) is 203 cm³/mol. The lowest BCUT2D eigenvalue weighted by molar-refractivity contribution is 0.189. The van der Waals surface area contributed by atoms with Gasteiger partial charge in [0.15, 0.2) is 15.7 Å². The van der Waals surface area contributed by atoms with Crippen LogP contribution in [0.2, 0.25) is 5.02 Å². The number of fused-ring (bicyclic) bond motifs is 1. The van der Waals surface area contributed by atoms with Gasteiger partial charge in [-0.15, -0.1) is 0 Å². The first-order valence-electron chi connectivity index (χ1n) is 16.3. The maximum absolute atomic E-state index is 14.3. The van der Waals surface area contributed by atoms with E-state index < -0.39 is 60.4 Å². The number of nitrogens with zero attached hydrogens (tertiary/aromatic N) is 4. The fourth-order valence-corrected chi connectivity index (χ4v) is 7.04. The van der Waals surface area contributed by atoms with Gasteiger partial charge in [0, 0.05) is 31.9 Å². The first-order valence-corrected chi connectivity index (χ1v) is 20.2. The standard InChI is InChI=1S/C36H35ClF2N6O8S2/c1-36(2,54(5,49)50)14-12-25-20-30(46)45(34(40-25)28(41-35(47)48)18-22-16-23(38)19-24(39)17-22)29-11-10-27(37)31-32(29)44(3)42-33(31)43-55(51,52)15-13-21-6-8-26(53-4)9-7-21/h6-11,16-17,19-20,28,41H,13,15,18H2,1-5H3,(H,42,43)(H,47,48)/t28-/m0/s1. The molecule has 19 heteroatoms. The molecule has 5 rings (SSSR count). The van der Waals surface area contributed by atoms with Crippen LogP contribution in [-0.4, -0.2) is 71.2 Å². The minimum atomic E-state index is -4.03. The first-order chi connectivity index (χ1) is 25.7. The molecule has 1 amide bonds. The lowest BCUT2D eigenvalue weighted by atomic mass is 10.0. The number of halogens is 3. The smallest absolute Gasteiger partial charge is 0.405 e. The molecular formula is C36H35ClF2N6O8S2. The fraction of sp³-hybridized carbons (Fsp3) is 0.278. The van der Waals surface area contributed by atoms with E-state index in [1.54, 1.807) is 24.3 Å². The van der Waals surface area contributed by atoms with Crippen molar-refractivity contribution < 1.29 is 40.3 Å². The van der Waals surface area contributed by atoms with Gasteiger partial charge in [0.2, 0.25) is 10.0 Å². The summed E-state index contributed by atoms with van der Waals surface area (Å²) in [4.78, 5) is 30.7. The number of benzene rings is 3. The summed E-state index contributed by atoms with van der Waals surface area (Å²) in [6.07, 6.45) is -0.860. The number of nitrogens with one attached hydrogen (secondary N) is 2. The molecule has 0 bridgehead atoms. The van der Waals surface area contributed by atoms with Gasteiger partial charge in [-0.1, -0.05) is 29.7 Å². The Morgan fingerprint density at radius 1 is 1.04 bits per heavy atom. The molecule has 55 heavy (non-hydrogen) atoms. The number of ether oxygens (including phenoxy) is 1. The molecule has 2 aromatic heterocycles. The summed E-state index contributed by atoms with van der Waals surface area (Å²) in [5.74, 6) is 3.10. The van der Waals surface area contributed by atoms with E-state index >= 15 is 0 Å². The molecule has 3 N–H and O–H groups in total. The average Bonchev–Trinajstić information content (AvgIpc) is 3.41. The van der Waals surface area contributed by atoms with Crippen molar-refractivity contribution in [2.24, 2.45) is 7.05 Å². The van der Waals surface area contributed by atoms with E-state index in [4.69, 9.17) is 16.3 Å². The third-order valence-corrected chi connectivity index (χ3v) is 12.1. The van der Waals surface area contributed by atoms with Crippen LogP contribution in [0.15, 0.2) is 65.5 Å². The number of methoxy groups -OCH3 is 1. The molecule has 14 nitrogen and oxygen atoms in total. The molecule has 0 saturated carbocycles. The second-order valence-corrected chi connectivity index (χ2v) is 17.8. The zero-order valence-electron chi connectivity index (χ0n) is 30.0. The Morgan fingerprint density at radius 3 is 2.29 bits per heavy atom. The quantitative estimate of drug-likeness (QED) is 0.148. The molecule has 290 valence electrons. The molecule has 0 aliphatic carbocycles. The van der Waals surface area contributed by atoms with Crippen molar-refractivity contribution >= 4 is 54.3 Å². The highest BCUT2D eigenvalue weighted by molar-refractivity contribution is 7.92. The number of hydrogen-bond acceptors (Lipinski definition) is 9. The van der Waals surface area contributed by atoms with Crippen LogP contribution in [0.5, 0.6) is 5.75 Å². The minimum absolute atomic E-state index is 0.000125. The maximum Gasteiger partial charge on any atom is 0.405 e. The number of sulfone groups is 1. The molecular weight excluding hydrogens is 782 g/mol. The monoisotopic (exact) mass is 816 g/mol. The van der Waals surface area contributed by atoms with Crippen LogP contribution in [0.25, 0.3) is 16.6 Å². The fourth-order valence-electron chi connectivity index (χ4n) is 5.52. The Bertz CT molecular complexity index is 2630. The van der Waals surface area contributed by atoms with Gasteiger partial charge >= 0.3 is 6.09 Å². The molecule has 0 spiro atoms. The Labute approximate surface area is 320 Å². The summed E-state index contributed by atoms with van der Waals surface area (Å²) in [5.41, 5.74) is -0.204. The van der Waals surface area contributed by atoms with Crippen molar-refractivity contribution in [1.29, 1.82) is 0 Å². The number of aromatic nitrogens is 4. The number of rotatable bonds is 12. The molecule has 0 saturated heterocycles. The summed E-state index contributed by atoms with van der Waals surface area (Å²) < 4.78 is 88.2. The van der Waals surface area contributed by atoms with Gasteiger partial charge in [0.05, 0.1) is 40.5 Å². The van der Waals surface area contributed by atoms with Crippen LogP contribution in [0.1, 0.15) is 42.5 Å². The van der Waals surface area contributed by atoms with Crippen molar-refractivity contribution in [2.45, 2.75) is 37.5 Å². The highest BCUT2D eigenvalue weighted by atomic mass is 35.5. The summed E-state index contributed by atoms with van der Waals surface area (Å²) >= 11 is 6.63. The summed E-state index contributed by atoms with van der Waals surface area (Å²) in [6, 6.07) is 11.8. The number of hydrogen-bond donors (Lipinski definition) is 3. The lowest BCUT2D eigenvalue weighted by Gasteiger charge is -2.22. The molecule has 5 aromatic rings. The van der Waals surface area contributed by atoms with Gasteiger partial charge in [-0.2, -0.15) is 5.10 Å². The molecule has 0 unspecified atom stereocenters. The zero-order valence-corrected chi connectivity index (χ0v) is 32.4. The number of aryl methyl sites for hydroxylation is 2. The zero-order chi connectivity index (χ0) is 40.5. The summed E-state index contributed by atoms with van der Waals surface area (Å²) in [7, 11) is -4.76. The van der Waals surface area contributed by atoms with E-state index in [1.165, 1.54) is 44.8 Å². The topological polar surface area (TPSA) is 192 Å². The molecule has 1 atom stereocenters. The van der Waals surface area contributed by atoms with Gasteiger partial charge in [0.25, 0.3) is 5.56 Å². The maximum atomic E-state index is 14.3. The first kappa shape index (κ1) is 40.7. The van der Waals surface area contributed by atoms with E-state index in [0.29, 0.717) is 11.8 Å². The van der Waals surface area contributed by atoms with Crippen LogP contribution >= 0.6 is 11.6 Å². The Hall–Kier alpha value is -5.51. The molecule has 0 aliphatic heterocycles. The normalized spacial score (nSPS) is 12.5. The van der Waals surface area contributed by atoms with Crippen LogP contribution in [0.3, 0.4) is 0 Å². The summed E-state index contributed by atoms with van der Waals surface area (Å²) in [5, 5.41) is 16.6. The second-order valence-electron chi connectivity index (χ2n) is 13.0. The van der Waals surface area contributed by atoms with Crippen molar-refractivity contribution in [1.82, 2.24) is 24.6 Å². The number of carbonyl (C=O) groups is 1. The van der Waals surface area contributed by atoms with Gasteiger partial charge in [-0.05, 0) is 73.7 Å². The Kier molecular flexibility index (Phi) is 11.6. The Balaban J connectivity index is 1.68. The number of sulfonamides is 1. The number of amides is 1. The highest BCUT2D eigenvalue weighted by Crippen LogP contribution is 2.35. The largest absolute Gasteiger partial charge is 0.497 e. The van der Waals surface area contributed by atoms with Crippen LogP contribution in [0.4, 0.5) is 19.4 Å². The van der Waals surface area contributed by atoms with E-state index in [1.807, 2.05) is 0 Å². The highest BCUT2D eigenvalue weighted by Gasteiger charge is 2.29. The van der Waals surface area contributed by atoms with Crippen molar-refractivity contribution in [3.05, 3.63) is 110 Å². The average molecular weight is 817 g/mol. The van der Waals surface area contributed by atoms with Gasteiger partial charge in [-0.3, -0.25) is 18.8 Å². The van der Waals surface area contributed by atoms with Crippen molar-refractivity contribution in [2.75, 3.05) is 23.8 Å². The van der Waals surface area contributed by atoms with Gasteiger partial charge < -0.3 is 15.2 Å². The molecule has 0 fully saturated rings. The van der Waals surface area contributed by atoms with Crippen LogP contribution in [0, 0.1) is 23.5 Å². The van der Waals surface area contributed by atoms with E-state index in [-0.39, 0.29) is 56.7 Å². The van der Waals surface area contributed by atoms with E-state index in [0.717, 1.165) is 34.6 Å².